The molecule has 18 heavy (non-hydrogen) atoms. The number of furan rings is 1. The van der Waals surface area contributed by atoms with Crippen molar-refractivity contribution in [1.82, 2.24) is 0 Å². The van der Waals surface area contributed by atoms with Crippen LogP contribution in [-0.4, -0.2) is 5.11 Å². The highest BCUT2D eigenvalue weighted by atomic mass is 19.1. The Morgan fingerprint density at radius 2 is 1.94 bits per heavy atom. The second-order valence-corrected chi connectivity index (χ2v) is 4.75. The second-order valence-electron chi connectivity index (χ2n) is 4.75. The summed E-state index contributed by atoms with van der Waals surface area (Å²) in [7, 11) is 0. The van der Waals surface area contributed by atoms with E-state index in [1.165, 1.54) is 12.1 Å². The Morgan fingerprint density at radius 1 is 1.28 bits per heavy atom. The van der Waals surface area contributed by atoms with Crippen molar-refractivity contribution < 1.29 is 13.9 Å². The van der Waals surface area contributed by atoms with Gasteiger partial charge >= 0.3 is 0 Å². The Labute approximate surface area is 106 Å². The highest BCUT2D eigenvalue weighted by molar-refractivity contribution is 5.82. The van der Waals surface area contributed by atoms with Crippen molar-refractivity contribution in [3.8, 4) is 0 Å². The standard InChI is InChI=1S/C15H19FO2/c1-4-10(5-2)14(17)15-9(3)12-8-11(16)6-7-13(12)18-15/h6-8,10,14,17H,4-5H2,1-3H3. The van der Waals surface area contributed by atoms with Crippen LogP contribution in [0.25, 0.3) is 11.0 Å². The molecule has 1 aromatic heterocycles. The lowest BCUT2D eigenvalue weighted by atomic mass is 9.93. The van der Waals surface area contributed by atoms with Crippen LogP contribution in [0.15, 0.2) is 22.6 Å². The third kappa shape index (κ3) is 2.15. The van der Waals surface area contributed by atoms with Crippen LogP contribution in [0.2, 0.25) is 0 Å². The van der Waals surface area contributed by atoms with E-state index in [1.807, 2.05) is 6.92 Å². The largest absolute Gasteiger partial charge is 0.458 e. The summed E-state index contributed by atoms with van der Waals surface area (Å²) in [4.78, 5) is 0. The van der Waals surface area contributed by atoms with Crippen LogP contribution in [0, 0.1) is 18.7 Å². The quantitative estimate of drug-likeness (QED) is 0.875. The van der Waals surface area contributed by atoms with Crippen molar-refractivity contribution in [2.24, 2.45) is 5.92 Å². The fraction of sp³-hybridized carbons (Fsp3) is 0.467. The minimum Gasteiger partial charge on any atom is -0.458 e. The molecule has 0 saturated heterocycles. The summed E-state index contributed by atoms with van der Waals surface area (Å²) in [5, 5.41) is 11.1. The molecule has 0 spiro atoms. The third-order valence-corrected chi connectivity index (χ3v) is 3.70. The molecule has 0 aliphatic carbocycles. The van der Waals surface area contributed by atoms with E-state index in [1.54, 1.807) is 6.07 Å². The van der Waals surface area contributed by atoms with Gasteiger partial charge in [-0.2, -0.15) is 0 Å². The fourth-order valence-electron chi connectivity index (χ4n) is 2.44. The first-order chi connectivity index (χ1) is 8.58. The van der Waals surface area contributed by atoms with E-state index in [9.17, 15) is 9.50 Å². The number of hydrogen-bond donors (Lipinski definition) is 1. The summed E-state index contributed by atoms with van der Waals surface area (Å²) in [6, 6.07) is 4.44. The maximum Gasteiger partial charge on any atom is 0.136 e. The van der Waals surface area contributed by atoms with Gasteiger partial charge in [0.2, 0.25) is 0 Å². The van der Waals surface area contributed by atoms with E-state index < -0.39 is 6.10 Å². The first kappa shape index (κ1) is 13.1. The lowest BCUT2D eigenvalue weighted by Crippen LogP contribution is -2.11. The highest BCUT2D eigenvalue weighted by Crippen LogP contribution is 2.35. The molecule has 1 N–H and O–H groups in total. The Hall–Kier alpha value is -1.35. The molecule has 2 rings (SSSR count). The van der Waals surface area contributed by atoms with Crippen LogP contribution in [0.4, 0.5) is 4.39 Å². The average molecular weight is 250 g/mol. The van der Waals surface area contributed by atoms with E-state index in [-0.39, 0.29) is 11.7 Å². The number of fused-ring (bicyclic) bond motifs is 1. The maximum absolute atomic E-state index is 13.2. The maximum atomic E-state index is 13.2. The molecular formula is C15H19FO2. The van der Waals surface area contributed by atoms with Crippen molar-refractivity contribution >= 4 is 11.0 Å². The van der Waals surface area contributed by atoms with Crippen molar-refractivity contribution in [1.29, 1.82) is 0 Å². The minimum atomic E-state index is -0.615. The van der Waals surface area contributed by atoms with Gasteiger partial charge in [0.1, 0.15) is 23.3 Å². The number of hydrogen-bond acceptors (Lipinski definition) is 2. The predicted octanol–water partition coefficient (Wildman–Crippen LogP) is 4.35. The lowest BCUT2D eigenvalue weighted by Gasteiger charge is -2.18. The molecule has 98 valence electrons. The van der Waals surface area contributed by atoms with Gasteiger partial charge in [0.15, 0.2) is 0 Å². The predicted molar refractivity (Wildman–Crippen MR) is 69.9 cm³/mol. The molecule has 1 unspecified atom stereocenters. The van der Waals surface area contributed by atoms with Crippen molar-refractivity contribution in [3.63, 3.8) is 0 Å². The van der Waals surface area contributed by atoms with Crippen LogP contribution in [0.1, 0.15) is 44.1 Å². The van der Waals surface area contributed by atoms with E-state index in [2.05, 4.69) is 13.8 Å². The zero-order valence-corrected chi connectivity index (χ0v) is 11.0. The molecule has 0 aliphatic heterocycles. The molecule has 0 fully saturated rings. The van der Waals surface area contributed by atoms with Crippen LogP contribution >= 0.6 is 0 Å². The van der Waals surface area contributed by atoms with Gasteiger partial charge in [-0.1, -0.05) is 26.7 Å². The van der Waals surface area contributed by atoms with Crippen molar-refractivity contribution in [2.45, 2.75) is 39.7 Å². The molecule has 1 heterocycles. The number of aliphatic hydroxyl groups is 1. The summed E-state index contributed by atoms with van der Waals surface area (Å²) in [5.41, 5.74) is 1.47. The molecule has 1 atom stereocenters. The van der Waals surface area contributed by atoms with Gasteiger partial charge in [-0.15, -0.1) is 0 Å². The molecule has 0 radical (unpaired) electrons. The Balaban J connectivity index is 2.48. The number of aryl methyl sites for hydroxylation is 1. The van der Waals surface area contributed by atoms with Gasteiger partial charge in [-0.25, -0.2) is 4.39 Å². The molecular weight excluding hydrogens is 231 g/mol. The zero-order chi connectivity index (χ0) is 13.3. The molecule has 0 aliphatic rings. The van der Waals surface area contributed by atoms with Gasteiger partial charge in [0, 0.05) is 10.9 Å². The van der Waals surface area contributed by atoms with Crippen LogP contribution in [-0.2, 0) is 0 Å². The SMILES string of the molecule is CCC(CC)C(O)c1oc2ccc(F)cc2c1C. The summed E-state index contributed by atoms with van der Waals surface area (Å²) in [6.07, 6.45) is 1.17. The van der Waals surface area contributed by atoms with Gasteiger partial charge in [0.05, 0.1) is 0 Å². The molecule has 2 nitrogen and oxygen atoms in total. The van der Waals surface area contributed by atoms with E-state index in [0.717, 1.165) is 23.8 Å². The minimum absolute atomic E-state index is 0.175. The molecule has 1 aromatic carbocycles. The summed E-state index contributed by atoms with van der Waals surface area (Å²) in [6.45, 7) is 5.97. The number of rotatable bonds is 4. The van der Waals surface area contributed by atoms with Crippen LogP contribution in [0.3, 0.4) is 0 Å². The van der Waals surface area contributed by atoms with E-state index >= 15 is 0 Å². The van der Waals surface area contributed by atoms with Crippen LogP contribution < -0.4 is 0 Å². The number of benzene rings is 1. The Morgan fingerprint density at radius 3 is 2.56 bits per heavy atom. The lowest BCUT2D eigenvalue weighted by molar-refractivity contribution is 0.0823. The van der Waals surface area contributed by atoms with E-state index in [0.29, 0.717) is 11.3 Å². The van der Waals surface area contributed by atoms with Gasteiger partial charge in [-0.3, -0.25) is 0 Å². The zero-order valence-electron chi connectivity index (χ0n) is 11.0. The number of halogens is 1. The molecule has 0 bridgehead atoms. The average Bonchev–Trinajstić information content (AvgIpc) is 2.68. The molecule has 2 aromatic rings. The summed E-state index contributed by atoms with van der Waals surface area (Å²) in [5.74, 6) is 0.466. The van der Waals surface area contributed by atoms with E-state index in [4.69, 9.17) is 4.42 Å². The van der Waals surface area contributed by atoms with Crippen molar-refractivity contribution in [3.05, 3.63) is 35.3 Å². The smallest absolute Gasteiger partial charge is 0.136 e. The van der Waals surface area contributed by atoms with Gasteiger partial charge in [0.25, 0.3) is 0 Å². The fourth-order valence-corrected chi connectivity index (χ4v) is 2.44. The van der Waals surface area contributed by atoms with Gasteiger partial charge < -0.3 is 9.52 Å². The molecule has 3 heteroatoms. The second kappa shape index (κ2) is 5.11. The molecule has 0 saturated carbocycles. The Bertz CT molecular complexity index is 541. The number of aliphatic hydroxyl groups excluding tert-OH is 1. The van der Waals surface area contributed by atoms with Gasteiger partial charge in [-0.05, 0) is 31.0 Å². The van der Waals surface area contributed by atoms with Crippen molar-refractivity contribution in [2.75, 3.05) is 0 Å². The van der Waals surface area contributed by atoms with Crippen LogP contribution in [0.5, 0.6) is 0 Å². The third-order valence-electron chi connectivity index (χ3n) is 3.70. The normalized spacial score (nSPS) is 13.4. The monoisotopic (exact) mass is 250 g/mol. The highest BCUT2D eigenvalue weighted by Gasteiger charge is 2.24. The summed E-state index contributed by atoms with van der Waals surface area (Å²) < 4.78 is 18.9. The summed E-state index contributed by atoms with van der Waals surface area (Å²) >= 11 is 0. The first-order valence-electron chi connectivity index (χ1n) is 6.45. The Kier molecular flexibility index (Phi) is 3.71. The first-order valence-corrected chi connectivity index (χ1v) is 6.45. The topological polar surface area (TPSA) is 33.4 Å². The molecule has 0 amide bonds.